The van der Waals surface area contributed by atoms with E-state index in [1.165, 1.54) is 12.8 Å². The van der Waals surface area contributed by atoms with Gasteiger partial charge in [-0.15, -0.1) is 0 Å². The fourth-order valence-corrected chi connectivity index (χ4v) is 2.93. The van der Waals surface area contributed by atoms with Gasteiger partial charge in [0.25, 0.3) is 0 Å². The monoisotopic (exact) mass is 408 g/mol. The Morgan fingerprint density at radius 1 is 1.13 bits per heavy atom. The van der Waals surface area contributed by atoms with E-state index < -0.39 is 0 Å². The van der Waals surface area contributed by atoms with Gasteiger partial charge in [0, 0.05) is 19.7 Å². The highest BCUT2D eigenvalue weighted by atomic mass is 16.5. The van der Waals surface area contributed by atoms with Crippen molar-refractivity contribution in [1.29, 1.82) is 0 Å². The first-order valence-electron chi connectivity index (χ1n) is 10.5. The van der Waals surface area contributed by atoms with Gasteiger partial charge in [-0.05, 0) is 37.3 Å². The van der Waals surface area contributed by atoms with Crippen molar-refractivity contribution in [2.24, 2.45) is 10.9 Å². The molecule has 1 atom stereocenters. The molecule has 0 aliphatic heterocycles. The second kappa shape index (κ2) is 10.7. The Morgan fingerprint density at radius 2 is 1.83 bits per heavy atom. The van der Waals surface area contributed by atoms with E-state index in [1.54, 1.807) is 19.0 Å². The van der Waals surface area contributed by atoms with Crippen molar-refractivity contribution in [3.05, 3.63) is 65.7 Å². The Morgan fingerprint density at radius 3 is 2.53 bits per heavy atom. The summed E-state index contributed by atoms with van der Waals surface area (Å²) < 4.78 is 6.00. The maximum absolute atomic E-state index is 12.0. The molecule has 30 heavy (non-hydrogen) atoms. The molecule has 1 aliphatic rings. The van der Waals surface area contributed by atoms with Gasteiger partial charge < -0.3 is 20.3 Å². The van der Waals surface area contributed by atoms with Gasteiger partial charge in [0.2, 0.25) is 5.91 Å². The zero-order valence-electron chi connectivity index (χ0n) is 18.1. The van der Waals surface area contributed by atoms with Crippen LogP contribution in [0.2, 0.25) is 0 Å². The Bertz CT molecular complexity index is 847. The Labute approximate surface area is 179 Å². The predicted octanol–water partition coefficient (Wildman–Crippen LogP) is 3.36. The molecule has 0 bridgehead atoms. The van der Waals surface area contributed by atoms with Crippen molar-refractivity contribution in [2.45, 2.75) is 32.4 Å². The van der Waals surface area contributed by atoms with Gasteiger partial charge in [-0.3, -0.25) is 4.79 Å². The molecule has 0 spiro atoms. The van der Waals surface area contributed by atoms with Crippen LogP contribution >= 0.6 is 0 Å². The van der Waals surface area contributed by atoms with Crippen LogP contribution in [0.4, 0.5) is 0 Å². The number of hydrogen-bond acceptors (Lipinski definition) is 3. The molecule has 1 fully saturated rings. The standard InChI is InChI=1S/C24H32N4O2/c1-18(20-9-5-4-6-10-20)27-24(26-16-23(29)28(2)3)25-15-21-11-7-8-12-22(21)30-17-19-13-14-19/h4-12,18-19H,13-17H2,1-3H3,(H2,25,26,27). The van der Waals surface area contributed by atoms with Gasteiger partial charge >= 0.3 is 0 Å². The van der Waals surface area contributed by atoms with Gasteiger partial charge in [-0.1, -0.05) is 48.5 Å². The average Bonchev–Trinajstić information content (AvgIpc) is 3.59. The van der Waals surface area contributed by atoms with Crippen LogP contribution in [0.1, 0.15) is 36.9 Å². The molecule has 1 saturated carbocycles. The molecular weight excluding hydrogens is 376 g/mol. The highest BCUT2D eigenvalue weighted by Gasteiger charge is 2.22. The molecule has 1 aliphatic carbocycles. The number of rotatable bonds is 9. The number of ether oxygens (including phenoxy) is 1. The summed E-state index contributed by atoms with van der Waals surface area (Å²) in [4.78, 5) is 18.3. The molecule has 3 rings (SSSR count). The van der Waals surface area contributed by atoms with E-state index in [0.717, 1.165) is 23.5 Å². The van der Waals surface area contributed by atoms with Crippen molar-refractivity contribution < 1.29 is 9.53 Å². The Kier molecular flexibility index (Phi) is 7.71. The number of benzene rings is 2. The number of aliphatic imine (C=N–C) groups is 1. The molecule has 0 aromatic heterocycles. The van der Waals surface area contributed by atoms with Crippen LogP contribution < -0.4 is 15.4 Å². The van der Waals surface area contributed by atoms with Gasteiger partial charge in [-0.25, -0.2) is 4.99 Å². The van der Waals surface area contributed by atoms with Crippen molar-refractivity contribution in [3.8, 4) is 5.75 Å². The summed E-state index contributed by atoms with van der Waals surface area (Å²) in [5, 5.41) is 6.56. The molecule has 1 amide bonds. The second-order valence-corrected chi connectivity index (χ2v) is 7.95. The van der Waals surface area contributed by atoms with Crippen LogP contribution in [0, 0.1) is 5.92 Å². The van der Waals surface area contributed by atoms with E-state index in [0.29, 0.717) is 18.4 Å². The highest BCUT2D eigenvalue weighted by Crippen LogP contribution is 2.30. The predicted molar refractivity (Wildman–Crippen MR) is 120 cm³/mol. The first-order chi connectivity index (χ1) is 14.5. The first kappa shape index (κ1) is 21.7. The zero-order chi connectivity index (χ0) is 21.3. The minimum atomic E-state index is -0.00923. The van der Waals surface area contributed by atoms with Crippen molar-refractivity contribution >= 4 is 11.9 Å². The summed E-state index contributed by atoms with van der Waals surface area (Å²) in [7, 11) is 3.49. The summed E-state index contributed by atoms with van der Waals surface area (Å²) >= 11 is 0. The molecule has 2 N–H and O–H groups in total. The minimum absolute atomic E-state index is 0.00923. The average molecular weight is 409 g/mol. The van der Waals surface area contributed by atoms with Crippen LogP contribution in [-0.4, -0.2) is 44.0 Å². The number of hydrogen-bond donors (Lipinski definition) is 2. The maximum atomic E-state index is 12.0. The number of para-hydroxylation sites is 1. The van der Waals surface area contributed by atoms with Gasteiger partial charge in [0.15, 0.2) is 5.96 Å². The first-order valence-corrected chi connectivity index (χ1v) is 10.5. The fraction of sp³-hybridized carbons (Fsp3) is 0.417. The van der Waals surface area contributed by atoms with Crippen LogP contribution in [0.15, 0.2) is 59.6 Å². The quantitative estimate of drug-likeness (QED) is 0.493. The van der Waals surface area contributed by atoms with Crippen LogP contribution in [0.3, 0.4) is 0 Å². The van der Waals surface area contributed by atoms with Crippen LogP contribution in [0.25, 0.3) is 0 Å². The molecule has 2 aromatic rings. The second-order valence-electron chi connectivity index (χ2n) is 7.95. The van der Waals surface area contributed by atoms with Gasteiger partial charge in [0.05, 0.1) is 25.7 Å². The fourth-order valence-electron chi connectivity index (χ4n) is 2.93. The normalized spacial score (nSPS) is 14.7. The molecule has 0 saturated heterocycles. The highest BCUT2D eigenvalue weighted by molar-refractivity contribution is 5.86. The summed E-state index contributed by atoms with van der Waals surface area (Å²) in [5.74, 6) is 2.17. The Balaban J connectivity index is 1.70. The molecule has 6 heteroatoms. The van der Waals surface area contributed by atoms with E-state index in [1.807, 2.05) is 42.5 Å². The number of nitrogens with zero attached hydrogens (tertiary/aromatic N) is 2. The summed E-state index contributed by atoms with van der Waals surface area (Å²) in [6, 6.07) is 18.2. The Hall–Kier alpha value is -3.02. The van der Waals surface area contributed by atoms with Crippen molar-refractivity contribution in [2.75, 3.05) is 27.2 Å². The topological polar surface area (TPSA) is 66.0 Å². The molecular formula is C24H32N4O2. The third-order valence-corrected chi connectivity index (χ3v) is 5.11. The van der Waals surface area contributed by atoms with E-state index in [-0.39, 0.29) is 18.5 Å². The van der Waals surface area contributed by atoms with Crippen molar-refractivity contribution in [1.82, 2.24) is 15.5 Å². The third kappa shape index (κ3) is 6.79. The van der Waals surface area contributed by atoms with Gasteiger partial charge in [0.1, 0.15) is 5.75 Å². The summed E-state index contributed by atoms with van der Waals surface area (Å²) in [5.41, 5.74) is 2.18. The molecule has 2 aromatic carbocycles. The lowest BCUT2D eigenvalue weighted by atomic mass is 10.1. The molecule has 6 nitrogen and oxygen atoms in total. The largest absolute Gasteiger partial charge is 0.493 e. The molecule has 1 unspecified atom stereocenters. The molecule has 0 heterocycles. The van der Waals surface area contributed by atoms with Crippen molar-refractivity contribution in [3.63, 3.8) is 0 Å². The number of carbonyl (C=O) groups is 1. The summed E-state index contributed by atoms with van der Waals surface area (Å²) in [6.45, 7) is 3.49. The third-order valence-electron chi connectivity index (χ3n) is 5.11. The number of nitrogens with one attached hydrogen (secondary N) is 2. The number of guanidine groups is 1. The summed E-state index contributed by atoms with van der Waals surface area (Å²) in [6.07, 6.45) is 2.52. The van der Waals surface area contributed by atoms with Crippen LogP contribution in [-0.2, 0) is 11.3 Å². The number of likely N-dealkylation sites (N-methyl/N-ethyl adjacent to an activating group) is 1. The number of carbonyl (C=O) groups excluding carboxylic acids is 1. The molecule has 160 valence electrons. The lowest BCUT2D eigenvalue weighted by Gasteiger charge is -2.20. The number of amides is 1. The zero-order valence-corrected chi connectivity index (χ0v) is 18.1. The van der Waals surface area contributed by atoms with Gasteiger partial charge in [-0.2, -0.15) is 0 Å². The minimum Gasteiger partial charge on any atom is -0.493 e. The van der Waals surface area contributed by atoms with E-state index >= 15 is 0 Å². The van der Waals surface area contributed by atoms with Crippen LogP contribution in [0.5, 0.6) is 5.75 Å². The SMILES string of the molecule is CC(NC(=NCc1ccccc1OCC1CC1)NCC(=O)N(C)C)c1ccccc1. The van der Waals surface area contributed by atoms with E-state index in [2.05, 4.69) is 29.7 Å². The smallest absolute Gasteiger partial charge is 0.241 e. The lowest BCUT2D eigenvalue weighted by Crippen LogP contribution is -2.43. The van der Waals surface area contributed by atoms with E-state index in [4.69, 9.17) is 9.73 Å². The lowest BCUT2D eigenvalue weighted by molar-refractivity contribution is -0.127. The maximum Gasteiger partial charge on any atom is 0.241 e. The van der Waals surface area contributed by atoms with E-state index in [9.17, 15) is 4.79 Å². The molecule has 0 radical (unpaired) electrons.